The number of ether oxygens (including phenoxy) is 2. The highest BCUT2D eigenvalue weighted by atomic mass is 16.5. The van der Waals surface area contributed by atoms with E-state index in [0.29, 0.717) is 11.3 Å². The summed E-state index contributed by atoms with van der Waals surface area (Å²) in [7, 11) is 0. The number of rotatable bonds is 11. The molecule has 134 valence electrons. The first-order chi connectivity index (χ1) is 12.3. The van der Waals surface area contributed by atoms with Crippen molar-refractivity contribution in [3.63, 3.8) is 0 Å². The van der Waals surface area contributed by atoms with E-state index < -0.39 is 0 Å². The van der Waals surface area contributed by atoms with E-state index in [1.807, 2.05) is 30.3 Å². The van der Waals surface area contributed by atoms with Gasteiger partial charge >= 0.3 is 5.97 Å². The summed E-state index contributed by atoms with van der Waals surface area (Å²) in [6.45, 7) is 2.97. The second-order valence-electron chi connectivity index (χ2n) is 6.20. The van der Waals surface area contributed by atoms with Crippen LogP contribution >= 0.6 is 0 Å². The van der Waals surface area contributed by atoms with Gasteiger partial charge in [0, 0.05) is 0 Å². The van der Waals surface area contributed by atoms with Crippen molar-refractivity contribution in [3.05, 3.63) is 60.2 Å². The van der Waals surface area contributed by atoms with Crippen LogP contribution in [0, 0.1) is 0 Å². The first-order valence-electron chi connectivity index (χ1n) is 9.29. The van der Waals surface area contributed by atoms with Crippen molar-refractivity contribution < 1.29 is 14.3 Å². The van der Waals surface area contributed by atoms with Crippen molar-refractivity contribution in [3.8, 4) is 11.5 Å². The fraction of sp³-hybridized carbons (Fsp3) is 0.409. The van der Waals surface area contributed by atoms with Gasteiger partial charge in [0.1, 0.15) is 11.5 Å². The normalized spacial score (nSPS) is 10.4. The smallest absolute Gasteiger partial charge is 0.343 e. The predicted molar refractivity (Wildman–Crippen MR) is 101 cm³/mol. The third kappa shape index (κ3) is 7.42. The summed E-state index contributed by atoms with van der Waals surface area (Å²) in [5.74, 6) is 0.986. The molecule has 0 unspecified atom stereocenters. The molecule has 0 radical (unpaired) electrons. The SMILES string of the molecule is CCCCCCCCCOc1ccc(OC(=O)c2ccccc2)cc1. The van der Waals surface area contributed by atoms with E-state index in [1.54, 1.807) is 24.3 Å². The highest BCUT2D eigenvalue weighted by molar-refractivity contribution is 5.90. The molecule has 0 saturated heterocycles. The topological polar surface area (TPSA) is 35.5 Å². The maximum atomic E-state index is 12.0. The van der Waals surface area contributed by atoms with Crippen LogP contribution in [0.2, 0.25) is 0 Å². The number of benzene rings is 2. The monoisotopic (exact) mass is 340 g/mol. The number of hydrogen-bond donors (Lipinski definition) is 0. The standard InChI is InChI=1S/C22H28O3/c1-2-3-4-5-6-7-11-18-24-20-14-16-21(17-15-20)25-22(23)19-12-9-8-10-13-19/h8-10,12-17H,2-7,11,18H2,1H3. The van der Waals surface area contributed by atoms with E-state index in [9.17, 15) is 4.79 Å². The second kappa shape index (κ2) is 11.3. The van der Waals surface area contributed by atoms with Gasteiger partial charge in [-0.2, -0.15) is 0 Å². The van der Waals surface area contributed by atoms with Crippen LogP contribution in [0.5, 0.6) is 11.5 Å². The van der Waals surface area contributed by atoms with Gasteiger partial charge in [0.05, 0.1) is 12.2 Å². The summed E-state index contributed by atoms with van der Waals surface area (Å²) >= 11 is 0. The summed E-state index contributed by atoms with van der Waals surface area (Å²) in [6.07, 6.45) is 8.90. The molecule has 0 atom stereocenters. The highest BCUT2D eigenvalue weighted by Gasteiger charge is 2.07. The average molecular weight is 340 g/mol. The third-order valence-corrected chi connectivity index (χ3v) is 4.06. The van der Waals surface area contributed by atoms with Gasteiger partial charge in [-0.05, 0) is 42.8 Å². The summed E-state index contributed by atoms with van der Waals surface area (Å²) in [6, 6.07) is 16.2. The Bertz CT molecular complexity index is 605. The van der Waals surface area contributed by atoms with E-state index in [-0.39, 0.29) is 5.97 Å². The number of carbonyl (C=O) groups excluding carboxylic acids is 1. The summed E-state index contributed by atoms with van der Waals surface area (Å²) in [5.41, 5.74) is 0.543. The van der Waals surface area contributed by atoms with Gasteiger partial charge in [0.25, 0.3) is 0 Å². The molecule has 2 aromatic rings. The van der Waals surface area contributed by atoms with Crippen LogP contribution in [-0.4, -0.2) is 12.6 Å². The zero-order valence-electron chi connectivity index (χ0n) is 15.1. The number of hydrogen-bond acceptors (Lipinski definition) is 3. The van der Waals surface area contributed by atoms with E-state index in [1.165, 1.54) is 38.5 Å². The molecular weight excluding hydrogens is 312 g/mol. The van der Waals surface area contributed by atoms with Gasteiger partial charge in [0.15, 0.2) is 0 Å². The summed E-state index contributed by atoms with van der Waals surface area (Å²) in [5, 5.41) is 0. The average Bonchev–Trinajstić information content (AvgIpc) is 2.66. The highest BCUT2D eigenvalue weighted by Crippen LogP contribution is 2.19. The van der Waals surface area contributed by atoms with Gasteiger partial charge in [-0.3, -0.25) is 0 Å². The lowest BCUT2D eigenvalue weighted by Crippen LogP contribution is -2.08. The van der Waals surface area contributed by atoms with Gasteiger partial charge in [-0.25, -0.2) is 4.79 Å². The molecule has 0 heterocycles. The van der Waals surface area contributed by atoms with Crippen molar-refractivity contribution in [2.75, 3.05) is 6.61 Å². The van der Waals surface area contributed by atoms with Crippen LogP contribution in [0.1, 0.15) is 62.2 Å². The molecule has 0 amide bonds. The molecular formula is C22H28O3. The Kier molecular flexibility index (Phi) is 8.60. The van der Waals surface area contributed by atoms with E-state index in [4.69, 9.17) is 9.47 Å². The van der Waals surface area contributed by atoms with Crippen molar-refractivity contribution in [2.45, 2.75) is 51.9 Å². The predicted octanol–water partition coefficient (Wildman–Crippen LogP) is 6.04. The molecule has 0 saturated carbocycles. The Morgan fingerprint density at radius 3 is 2.04 bits per heavy atom. The lowest BCUT2D eigenvalue weighted by Gasteiger charge is -2.08. The molecule has 0 N–H and O–H groups in total. The van der Waals surface area contributed by atoms with Crippen LogP contribution in [0.4, 0.5) is 0 Å². The maximum Gasteiger partial charge on any atom is 0.343 e. The fourth-order valence-corrected chi connectivity index (χ4v) is 2.59. The largest absolute Gasteiger partial charge is 0.494 e. The minimum absolute atomic E-state index is 0.350. The molecule has 3 nitrogen and oxygen atoms in total. The van der Waals surface area contributed by atoms with Crippen LogP contribution < -0.4 is 9.47 Å². The van der Waals surface area contributed by atoms with Crippen LogP contribution in [-0.2, 0) is 0 Å². The van der Waals surface area contributed by atoms with Crippen molar-refractivity contribution in [1.29, 1.82) is 0 Å². The molecule has 3 heteroatoms. The molecule has 0 aliphatic heterocycles. The number of unbranched alkanes of at least 4 members (excludes halogenated alkanes) is 6. The van der Waals surface area contributed by atoms with Gasteiger partial charge < -0.3 is 9.47 Å². The van der Waals surface area contributed by atoms with Crippen molar-refractivity contribution >= 4 is 5.97 Å². The molecule has 0 aromatic heterocycles. The summed E-state index contributed by atoms with van der Waals surface area (Å²) in [4.78, 5) is 12.0. The van der Waals surface area contributed by atoms with Crippen LogP contribution in [0.25, 0.3) is 0 Å². The Hall–Kier alpha value is -2.29. The molecule has 0 fully saturated rings. The summed E-state index contributed by atoms with van der Waals surface area (Å²) < 4.78 is 11.1. The van der Waals surface area contributed by atoms with Crippen LogP contribution in [0.15, 0.2) is 54.6 Å². The Morgan fingerprint density at radius 1 is 0.760 bits per heavy atom. The van der Waals surface area contributed by atoms with Gasteiger partial charge in [-0.1, -0.05) is 63.6 Å². The second-order valence-corrected chi connectivity index (χ2v) is 6.20. The van der Waals surface area contributed by atoms with E-state index in [2.05, 4.69) is 6.92 Å². The first kappa shape index (κ1) is 19.0. The molecule has 2 aromatic carbocycles. The lowest BCUT2D eigenvalue weighted by molar-refractivity contribution is 0.0734. The number of esters is 1. The minimum atomic E-state index is -0.350. The lowest BCUT2D eigenvalue weighted by atomic mass is 10.1. The Labute approximate surface area is 151 Å². The molecule has 25 heavy (non-hydrogen) atoms. The first-order valence-corrected chi connectivity index (χ1v) is 9.29. The zero-order valence-corrected chi connectivity index (χ0v) is 15.1. The Balaban J connectivity index is 1.65. The minimum Gasteiger partial charge on any atom is -0.494 e. The maximum absolute atomic E-state index is 12.0. The van der Waals surface area contributed by atoms with Gasteiger partial charge in [-0.15, -0.1) is 0 Å². The number of carbonyl (C=O) groups is 1. The van der Waals surface area contributed by atoms with Crippen LogP contribution in [0.3, 0.4) is 0 Å². The molecule has 2 rings (SSSR count). The molecule has 0 spiro atoms. The third-order valence-electron chi connectivity index (χ3n) is 4.06. The fourth-order valence-electron chi connectivity index (χ4n) is 2.59. The van der Waals surface area contributed by atoms with E-state index >= 15 is 0 Å². The molecule has 0 aliphatic rings. The van der Waals surface area contributed by atoms with Crippen molar-refractivity contribution in [1.82, 2.24) is 0 Å². The van der Waals surface area contributed by atoms with E-state index in [0.717, 1.165) is 18.8 Å². The molecule has 0 aliphatic carbocycles. The molecule has 0 bridgehead atoms. The quantitative estimate of drug-likeness (QED) is 0.284. The van der Waals surface area contributed by atoms with Crippen molar-refractivity contribution in [2.24, 2.45) is 0 Å². The zero-order chi connectivity index (χ0) is 17.7. The Morgan fingerprint density at radius 2 is 1.36 bits per heavy atom. The van der Waals surface area contributed by atoms with Gasteiger partial charge in [0.2, 0.25) is 0 Å².